The number of rotatable bonds is 8. The van der Waals surface area contributed by atoms with Crippen LogP contribution in [0.3, 0.4) is 0 Å². The van der Waals surface area contributed by atoms with E-state index < -0.39 is 10.2 Å². The molecule has 1 N–H and O–H groups in total. The molecule has 0 aromatic heterocycles. The van der Waals surface area contributed by atoms with E-state index in [9.17, 15) is 8.42 Å². The maximum atomic E-state index is 12.4. The van der Waals surface area contributed by atoms with Crippen LogP contribution in [0, 0.1) is 0 Å². The first-order valence-electron chi connectivity index (χ1n) is 7.48. The van der Waals surface area contributed by atoms with Gasteiger partial charge in [-0.2, -0.15) is 17.0 Å². The SMILES string of the molecule is CCNCCCN(C)S(=O)(=O)N1CCC(N(C)C)CC1. The molecule has 1 aliphatic rings. The molecule has 0 bridgehead atoms. The van der Waals surface area contributed by atoms with Crippen molar-refractivity contribution in [1.29, 1.82) is 0 Å². The molecule has 0 saturated carbocycles. The largest absolute Gasteiger partial charge is 0.317 e. The fraction of sp³-hybridized carbons (Fsp3) is 1.00. The third kappa shape index (κ3) is 4.96. The Morgan fingerprint density at radius 2 is 1.80 bits per heavy atom. The predicted molar refractivity (Wildman–Crippen MR) is 83.0 cm³/mol. The van der Waals surface area contributed by atoms with Gasteiger partial charge >= 0.3 is 0 Å². The van der Waals surface area contributed by atoms with Gasteiger partial charge in [-0.05, 0) is 46.4 Å². The van der Waals surface area contributed by atoms with E-state index in [4.69, 9.17) is 0 Å². The van der Waals surface area contributed by atoms with Gasteiger partial charge in [-0.15, -0.1) is 0 Å². The highest BCUT2D eigenvalue weighted by Crippen LogP contribution is 2.18. The highest BCUT2D eigenvalue weighted by atomic mass is 32.2. The summed E-state index contributed by atoms with van der Waals surface area (Å²) in [4.78, 5) is 2.18. The van der Waals surface area contributed by atoms with Gasteiger partial charge in [0, 0.05) is 32.7 Å². The Kier molecular flexibility index (Phi) is 7.39. The smallest absolute Gasteiger partial charge is 0.281 e. The van der Waals surface area contributed by atoms with Gasteiger partial charge in [0.1, 0.15) is 0 Å². The summed E-state index contributed by atoms with van der Waals surface area (Å²) >= 11 is 0. The van der Waals surface area contributed by atoms with Gasteiger partial charge in [-0.25, -0.2) is 0 Å². The molecule has 0 aliphatic carbocycles. The summed E-state index contributed by atoms with van der Waals surface area (Å²) in [5.74, 6) is 0. The van der Waals surface area contributed by atoms with Crippen molar-refractivity contribution >= 4 is 10.2 Å². The van der Waals surface area contributed by atoms with E-state index in [2.05, 4.69) is 31.2 Å². The Morgan fingerprint density at radius 3 is 2.30 bits per heavy atom. The van der Waals surface area contributed by atoms with Gasteiger partial charge in [0.25, 0.3) is 10.2 Å². The van der Waals surface area contributed by atoms with Crippen molar-refractivity contribution in [3.8, 4) is 0 Å². The zero-order chi connectivity index (χ0) is 15.2. The molecule has 20 heavy (non-hydrogen) atoms. The van der Waals surface area contributed by atoms with Gasteiger partial charge in [0.05, 0.1) is 0 Å². The van der Waals surface area contributed by atoms with Crippen LogP contribution in [-0.2, 0) is 10.2 Å². The number of hydrogen-bond acceptors (Lipinski definition) is 4. The zero-order valence-electron chi connectivity index (χ0n) is 13.3. The summed E-state index contributed by atoms with van der Waals surface area (Å²) in [5.41, 5.74) is 0. The summed E-state index contributed by atoms with van der Waals surface area (Å²) < 4.78 is 28.0. The molecule has 1 rings (SSSR count). The molecule has 0 atom stereocenters. The minimum Gasteiger partial charge on any atom is -0.317 e. The monoisotopic (exact) mass is 306 g/mol. The van der Waals surface area contributed by atoms with E-state index in [0.717, 1.165) is 32.4 Å². The van der Waals surface area contributed by atoms with E-state index in [0.29, 0.717) is 25.7 Å². The van der Waals surface area contributed by atoms with Crippen molar-refractivity contribution in [2.45, 2.75) is 32.2 Å². The van der Waals surface area contributed by atoms with Gasteiger partial charge in [-0.3, -0.25) is 0 Å². The number of nitrogens with zero attached hydrogens (tertiary/aromatic N) is 3. The maximum absolute atomic E-state index is 12.4. The van der Waals surface area contributed by atoms with Crippen LogP contribution in [0.5, 0.6) is 0 Å². The quantitative estimate of drug-likeness (QED) is 0.651. The molecule has 1 fully saturated rings. The summed E-state index contributed by atoms with van der Waals surface area (Å²) in [5, 5.41) is 3.21. The number of nitrogens with one attached hydrogen (secondary N) is 1. The van der Waals surface area contributed by atoms with Crippen LogP contribution in [0.1, 0.15) is 26.2 Å². The molecule has 1 heterocycles. The summed E-state index contributed by atoms with van der Waals surface area (Å²) in [6.07, 6.45) is 2.67. The van der Waals surface area contributed by atoms with Gasteiger partial charge in [0.2, 0.25) is 0 Å². The highest BCUT2D eigenvalue weighted by molar-refractivity contribution is 7.86. The molecule has 0 unspecified atom stereocenters. The van der Waals surface area contributed by atoms with Crippen molar-refractivity contribution in [1.82, 2.24) is 18.8 Å². The van der Waals surface area contributed by atoms with E-state index in [-0.39, 0.29) is 0 Å². The fourth-order valence-electron chi connectivity index (χ4n) is 2.51. The van der Waals surface area contributed by atoms with Crippen LogP contribution >= 0.6 is 0 Å². The average molecular weight is 306 g/mol. The van der Waals surface area contributed by atoms with Crippen molar-refractivity contribution < 1.29 is 8.42 Å². The fourth-order valence-corrected chi connectivity index (χ4v) is 3.93. The molecule has 0 aromatic carbocycles. The first kappa shape index (κ1) is 17.8. The molecule has 0 aromatic rings. The molecule has 7 heteroatoms. The Labute approximate surface area is 124 Å². The van der Waals surface area contributed by atoms with E-state index in [1.165, 1.54) is 4.31 Å². The third-order valence-electron chi connectivity index (χ3n) is 3.95. The zero-order valence-corrected chi connectivity index (χ0v) is 14.1. The van der Waals surface area contributed by atoms with Crippen LogP contribution in [0.4, 0.5) is 0 Å². The first-order chi connectivity index (χ1) is 9.39. The summed E-state index contributed by atoms with van der Waals surface area (Å²) in [6.45, 7) is 5.66. The van der Waals surface area contributed by atoms with Crippen molar-refractivity contribution in [2.75, 3.05) is 53.9 Å². The summed E-state index contributed by atoms with van der Waals surface area (Å²) in [6, 6.07) is 0.500. The lowest BCUT2D eigenvalue weighted by Crippen LogP contribution is -2.49. The van der Waals surface area contributed by atoms with Crippen molar-refractivity contribution in [3.05, 3.63) is 0 Å². The maximum Gasteiger partial charge on any atom is 0.281 e. The molecule has 0 spiro atoms. The lowest BCUT2D eigenvalue weighted by molar-refractivity contribution is 0.191. The molecule has 6 nitrogen and oxygen atoms in total. The third-order valence-corrected chi connectivity index (χ3v) is 5.94. The molecular weight excluding hydrogens is 276 g/mol. The topological polar surface area (TPSA) is 55.9 Å². The standard InChI is InChI=1S/C13H30N4O2S/c1-5-14-9-6-10-16(4)20(18,19)17-11-7-13(8-12-17)15(2)3/h13-14H,5-12H2,1-4H3. The molecule has 0 radical (unpaired) electrons. The van der Waals surface area contributed by atoms with Crippen molar-refractivity contribution in [3.63, 3.8) is 0 Å². The highest BCUT2D eigenvalue weighted by Gasteiger charge is 2.31. The lowest BCUT2D eigenvalue weighted by atomic mass is 10.1. The van der Waals surface area contributed by atoms with Gasteiger partial charge in [-0.1, -0.05) is 6.92 Å². The van der Waals surface area contributed by atoms with Gasteiger partial charge in [0.15, 0.2) is 0 Å². The lowest BCUT2D eigenvalue weighted by Gasteiger charge is -2.36. The minimum absolute atomic E-state index is 0.500. The number of hydrogen-bond donors (Lipinski definition) is 1. The second-order valence-corrected chi connectivity index (χ2v) is 7.67. The first-order valence-corrected chi connectivity index (χ1v) is 8.87. The second kappa shape index (κ2) is 8.29. The Balaban J connectivity index is 2.44. The molecule has 1 saturated heterocycles. The molecular formula is C13H30N4O2S. The van der Waals surface area contributed by atoms with Crippen LogP contribution in [-0.4, -0.2) is 81.8 Å². The Morgan fingerprint density at radius 1 is 1.20 bits per heavy atom. The normalized spacial score (nSPS) is 19.1. The van der Waals surface area contributed by atoms with Crippen LogP contribution in [0.2, 0.25) is 0 Å². The molecule has 120 valence electrons. The Hall–Kier alpha value is -0.210. The van der Waals surface area contributed by atoms with Crippen LogP contribution in [0.15, 0.2) is 0 Å². The van der Waals surface area contributed by atoms with E-state index in [1.54, 1.807) is 11.4 Å². The van der Waals surface area contributed by atoms with Crippen molar-refractivity contribution in [2.24, 2.45) is 0 Å². The van der Waals surface area contributed by atoms with Crippen LogP contribution < -0.4 is 5.32 Å². The minimum atomic E-state index is -3.28. The number of piperidine rings is 1. The average Bonchev–Trinajstić information content (AvgIpc) is 2.43. The van der Waals surface area contributed by atoms with E-state index in [1.807, 2.05) is 0 Å². The second-order valence-electron chi connectivity index (χ2n) is 5.63. The molecule has 1 aliphatic heterocycles. The van der Waals surface area contributed by atoms with Crippen LogP contribution in [0.25, 0.3) is 0 Å². The summed E-state index contributed by atoms with van der Waals surface area (Å²) in [7, 11) is 2.52. The predicted octanol–water partition coefficient (Wildman–Crippen LogP) is 0.189. The van der Waals surface area contributed by atoms with Gasteiger partial charge < -0.3 is 10.2 Å². The molecule has 0 amide bonds. The Bertz CT molecular complexity index is 365. The van der Waals surface area contributed by atoms with E-state index >= 15 is 0 Å².